The lowest BCUT2D eigenvalue weighted by molar-refractivity contribution is 0.0947. The molecule has 0 unspecified atom stereocenters. The molecule has 0 fully saturated rings. The summed E-state index contributed by atoms with van der Waals surface area (Å²) >= 11 is 5.79. The summed E-state index contributed by atoms with van der Waals surface area (Å²) < 4.78 is 13.5. The van der Waals surface area contributed by atoms with Gasteiger partial charge in [-0.1, -0.05) is 29.8 Å². The van der Waals surface area contributed by atoms with E-state index in [0.717, 1.165) is 0 Å². The zero-order chi connectivity index (χ0) is 13.8. The van der Waals surface area contributed by atoms with Gasteiger partial charge in [0.2, 0.25) is 0 Å². The van der Waals surface area contributed by atoms with Crippen molar-refractivity contribution < 1.29 is 14.3 Å². The Morgan fingerprint density at radius 2 is 2.00 bits per heavy atom. The molecule has 0 aromatic heterocycles. The third-order valence-electron chi connectivity index (χ3n) is 2.55. The Morgan fingerprint density at radius 1 is 1.26 bits per heavy atom. The van der Waals surface area contributed by atoms with E-state index in [0.29, 0.717) is 5.56 Å². The number of phenols is 1. The second-order valence-corrected chi connectivity index (χ2v) is 4.36. The Balaban J connectivity index is 2.10. The molecular formula is C14H11ClFNO2. The van der Waals surface area contributed by atoms with Gasteiger partial charge < -0.3 is 10.4 Å². The predicted molar refractivity (Wildman–Crippen MR) is 70.7 cm³/mol. The van der Waals surface area contributed by atoms with Crippen LogP contribution in [0, 0.1) is 5.82 Å². The molecule has 2 N–H and O–H groups in total. The molecule has 2 rings (SSSR count). The minimum absolute atomic E-state index is 0.0633. The maximum absolute atomic E-state index is 13.5. The minimum atomic E-state index is -0.666. The molecule has 0 atom stereocenters. The molecule has 1 amide bonds. The van der Waals surface area contributed by atoms with Gasteiger partial charge in [-0.25, -0.2) is 4.39 Å². The molecule has 0 radical (unpaired) electrons. The van der Waals surface area contributed by atoms with Crippen LogP contribution in [-0.2, 0) is 6.54 Å². The van der Waals surface area contributed by atoms with Crippen LogP contribution in [0.5, 0.6) is 5.75 Å². The van der Waals surface area contributed by atoms with Gasteiger partial charge in [0.05, 0.1) is 10.6 Å². The highest BCUT2D eigenvalue weighted by Crippen LogP contribution is 2.19. The van der Waals surface area contributed by atoms with Crippen LogP contribution in [0.25, 0.3) is 0 Å². The molecule has 2 aromatic carbocycles. The molecule has 0 heterocycles. The number of benzene rings is 2. The van der Waals surface area contributed by atoms with E-state index in [1.54, 1.807) is 12.1 Å². The van der Waals surface area contributed by atoms with Crippen molar-refractivity contribution in [2.75, 3.05) is 0 Å². The van der Waals surface area contributed by atoms with E-state index in [2.05, 4.69) is 5.32 Å². The molecule has 0 saturated heterocycles. The molecule has 0 spiro atoms. The monoisotopic (exact) mass is 279 g/mol. The average Bonchev–Trinajstić information content (AvgIpc) is 2.36. The highest BCUT2D eigenvalue weighted by Gasteiger charge is 2.15. The number of amides is 1. The summed E-state index contributed by atoms with van der Waals surface area (Å²) in [4.78, 5) is 11.8. The zero-order valence-electron chi connectivity index (χ0n) is 9.86. The van der Waals surface area contributed by atoms with Crippen LogP contribution in [0.1, 0.15) is 15.9 Å². The summed E-state index contributed by atoms with van der Waals surface area (Å²) in [5.74, 6) is -1.15. The van der Waals surface area contributed by atoms with Gasteiger partial charge >= 0.3 is 0 Å². The van der Waals surface area contributed by atoms with Gasteiger partial charge in [-0.3, -0.25) is 4.79 Å². The smallest absolute Gasteiger partial charge is 0.256 e. The molecule has 0 aliphatic rings. The Kier molecular flexibility index (Phi) is 4.02. The van der Waals surface area contributed by atoms with E-state index in [9.17, 15) is 14.3 Å². The third kappa shape index (κ3) is 3.23. The van der Waals surface area contributed by atoms with Gasteiger partial charge in [-0.2, -0.15) is 0 Å². The van der Waals surface area contributed by atoms with E-state index in [-0.39, 0.29) is 22.9 Å². The largest absolute Gasteiger partial charge is 0.508 e. The molecular weight excluding hydrogens is 269 g/mol. The van der Waals surface area contributed by atoms with E-state index in [1.807, 2.05) is 0 Å². The van der Waals surface area contributed by atoms with Crippen LogP contribution in [0.3, 0.4) is 0 Å². The summed E-state index contributed by atoms with van der Waals surface area (Å²) in [6.45, 7) is 0.178. The van der Waals surface area contributed by atoms with Crippen molar-refractivity contribution in [3.63, 3.8) is 0 Å². The molecule has 5 heteroatoms. The van der Waals surface area contributed by atoms with Crippen molar-refractivity contribution in [2.24, 2.45) is 0 Å². The minimum Gasteiger partial charge on any atom is -0.508 e. The Bertz CT molecular complexity index is 596. The first kappa shape index (κ1) is 13.4. The molecule has 19 heavy (non-hydrogen) atoms. The lowest BCUT2D eigenvalue weighted by atomic mass is 10.1. The summed E-state index contributed by atoms with van der Waals surface area (Å²) in [5, 5.41) is 11.9. The van der Waals surface area contributed by atoms with Crippen LogP contribution in [-0.4, -0.2) is 11.0 Å². The lowest BCUT2D eigenvalue weighted by Gasteiger charge is -2.08. The van der Waals surface area contributed by atoms with Crippen LogP contribution in [0.2, 0.25) is 5.02 Å². The number of phenolic OH excluding ortho intramolecular Hbond substituents is 1. The van der Waals surface area contributed by atoms with E-state index in [4.69, 9.17) is 11.6 Å². The molecule has 98 valence electrons. The summed E-state index contributed by atoms with van der Waals surface area (Å²) in [5.41, 5.74) is 0.533. The number of hydrogen-bond acceptors (Lipinski definition) is 2. The number of hydrogen-bond donors (Lipinski definition) is 2. The van der Waals surface area contributed by atoms with E-state index >= 15 is 0 Å². The van der Waals surface area contributed by atoms with E-state index in [1.165, 1.54) is 30.3 Å². The predicted octanol–water partition coefficient (Wildman–Crippen LogP) is 3.11. The summed E-state index contributed by atoms with van der Waals surface area (Å²) in [6.07, 6.45) is 0. The SMILES string of the molecule is O=C(NCc1cccc(O)c1)c1c(F)cccc1Cl. The van der Waals surface area contributed by atoms with Crippen molar-refractivity contribution in [1.29, 1.82) is 0 Å². The van der Waals surface area contributed by atoms with Gasteiger partial charge in [0.15, 0.2) is 0 Å². The first-order valence-corrected chi connectivity index (χ1v) is 5.96. The van der Waals surface area contributed by atoms with Gasteiger partial charge in [0, 0.05) is 6.54 Å². The van der Waals surface area contributed by atoms with Gasteiger partial charge in [-0.05, 0) is 29.8 Å². The fraction of sp³-hybridized carbons (Fsp3) is 0.0714. The maximum Gasteiger partial charge on any atom is 0.256 e. The highest BCUT2D eigenvalue weighted by molar-refractivity contribution is 6.33. The summed E-state index contributed by atoms with van der Waals surface area (Å²) in [7, 11) is 0. The number of carbonyl (C=O) groups is 1. The van der Waals surface area contributed by atoms with Crippen molar-refractivity contribution >= 4 is 17.5 Å². The topological polar surface area (TPSA) is 49.3 Å². The Hall–Kier alpha value is -2.07. The van der Waals surface area contributed by atoms with Crippen molar-refractivity contribution in [3.05, 3.63) is 64.4 Å². The fourth-order valence-electron chi connectivity index (χ4n) is 1.65. The average molecular weight is 280 g/mol. The van der Waals surface area contributed by atoms with Crippen LogP contribution < -0.4 is 5.32 Å². The standard InChI is InChI=1S/C14H11ClFNO2/c15-11-5-2-6-12(16)13(11)14(19)17-8-9-3-1-4-10(18)7-9/h1-7,18H,8H2,(H,17,19). The van der Waals surface area contributed by atoms with Gasteiger partial charge in [-0.15, -0.1) is 0 Å². The molecule has 0 saturated carbocycles. The lowest BCUT2D eigenvalue weighted by Crippen LogP contribution is -2.24. The second kappa shape index (κ2) is 5.71. The van der Waals surface area contributed by atoms with Crippen LogP contribution >= 0.6 is 11.6 Å². The first-order chi connectivity index (χ1) is 9.08. The number of aromatic hydroxyl groups is 1. The van der Waals surface area contributed by atoms with Crippen molar-refractivity contribution in [1.82, 2.24) is 5.32 Å². The Morgan fingerprint density at radius 3 is 2.68 bits per heavy atom. The van der Waals surface area contributed by atoms with Gasteiger partial charge in [0.25, 0.3) is 5.91 Å². The zero-order valence-corrected chi connectivity index (χ0v) is 10.6. The first-order valence-electron chi connectivity index (χ1n) is 5.58. The van der Waals surface area contributed by atoms with E-state index < -0.39 is 11.7 Å². The number of rotatable bonds is 3. The normalized spacial score (nSPS) is 10.2. The number of nitrogens with one attached hydrogen (secondary N) is 1. The summed E-state index contributed by atoms with van der Waals surface area (Å²) in [6, 6.07) is 10.5. The second-order valence-electron chi connectivity index (χ2n) is 3.95. The number of halogens is 2. The molecule has 0 aliphatic carbocycles. The third-order valence-corrected chi connectivity index (χ3v) is 2.87. The quantitative estimate of drug-likeness (QED) is 0.907. The fourth-order valence-corrected chi connectivity index (χ4v) is 1.90. The molecule has 3 nitrogen and oxygen atoms in total. The molecule has 2 aromatic rings. The van der Waals surface area contributed by atoms with Crippen LogP contribution in [0.15, 0.2) is 42.5 Å². The van der Waals surface area contributed by atoms with Crippen molar-refractivity contribution in [3.8, 4) is 5.75 Å². The van der Waals surface area contributed by atoms with Crippen molar-refractivity contribution in [2.45, 2.75) is 6.54 Å². The van der Waals surface area contributed by atoms with Crippen LogP contribution in [0.4, 0.5) is 4.39 Å². The molecule has 0 aliphatic heterocycles. The highest BCUT2D eigenvalue weighted by atomic mass is 35.5. The maximum atomic E-state index is 13.5. The number of carbonyl (C=O) groups excluding carboxylic acids is 1. The molecule has 0 bridgehead atoms. The van der Waals surface area contributed by atoms with Gasteiger partial charge in [0.1, 0.15) is 11.6 Å². The Labute approximate surface area is 114 Å².